The van der Waals surface area contributed by atoms with E-state index in [9.17, 15) is 0 Å². The first-order chi connectivity index (χ1) is 6.77. The van der Waals surface area contributed by atoms with Crippen molar-refractivity contribution in [3.05, 3.63) is 12.2 Å². The maximum absolute atomic E-state index is 4.86. The number of hydrogen-bond donors (Lipinski definition) is 0. The first-order valence-corrected chi connectivity index (χ1v) is 4.99. The van der Waals surface area contributed by atoms with Gasteiger partial charge in [0.05, 0.1) is 0 Å². The van der Waals surface area contributed by atoms with Gasteiger partial charge in [-0.3, -0.25) is 0 Å². The van der Waals surface area contributed by atoms with Crippen molar-refractivity contribution in [1.29, 1.82) is 0 Å². The molecule has 0 saturated heterocycles. The molecule has 0 spiro atoms. The Morgan fingerprint density at radius 2 is 2.21 bits per heavy atom. The third kappa shape index (κ3) is 3.83. The van der Waals surface area contributed by atoms with E-state index in [1.165, 1.54) is 12.8 Å². The Morgan fingerprint density at radius 1 is 1.50 bits per heavy atom. The molecule has 1 aliphatic rings. The third-order valence-electron chi connectivity index (χ3n) is 2.05. The van der Waals surface area contributed by atoms with E-state index in [0.717, 1.165) is 11.5 Å². The molecule has 1 saturated carbocycles. The lowest BCUT2D eigenvalue weighted by molar-refractivity contribution is 0.209. The predicted octanol–water partition coefficient (Wildman–Crippen LogP) is 2.44. The molecule has 1 fully saturated rings. The number of rotatable bonds is 4. The topological polar surface area (TPSA) is 34.0 Å². The molecule has 0 atom stereocenters. The van der Waals surface area contributed by atoms with Crippen LogP contribution in [-0.2, 0) is 4.74 Å². The number of amidine groups is 1. The van der Waals surface area contributed by atoms with Crippen molar-refractivity contribution in [1.82, 2.24) is 0 Å². The summed E-state index contributed by atoms with van der Waals surface area (Å²) in [5.74, 6) is 1.46. The summed E-state index contributed by atoms with van der Waals surface area (Å²) in [5.41, 5.74) is 1.16. The van der Waals surface area contributed by atoms with E-state index >= 15 is 0 Å². The van der Waals surface area contributed by atoms with Crippen LogP contribution in [0.25, 0.3) is 0 Å². The normalized spacial score (nSPS) is 19.4. The van der Waals surface area contributed by atoms with Crippen LogP contribution in [0.2, 0.25) is 0 Å². The number of methoxy groups -OCH3 is 1. The van der Waals surface area contributed by atoms with Crippen molar-refractivity contribution >= 4 is 11.5 Å². The van der Waals surface area contributed by atoms with Gasteiger partial charge in [-0.15, -0.1) is 0 Å². The van der Waals surface area contributed by atoms with Gasteiger partial charge >= 0.3 is 0 Å². The van der Waals surface area contributed by atoms with Crippen LogP contribution in [0.15, 0.2) is 22.1 Å². The van der Waals surface area contributed by atoms with Crippen LogP contribution in [0.5, 0.6) is 0 Å². The fourth-order valence-corrected chi connectivity index (χ4v) is 1.19. The minimum absolute atomic E-state index is 0.392. The summed E-state index contributed by atoms with van der Waals surface area (Å²) in [6, 6.07) is 0. The van der Waals surface area contributed by atoms with Crippen LogP contribution in [0.4, 0.5) is 0 Å². The Balaban J connectivity index is 2.60. The molecule has 1 rings (SSSR count). The summed E-state index contributed by atoms with van der Waals surface area (Å²) in [4.78, 5) is 8.61. The second-order valence-electron chi connectivity index (χ2n) is 3.43. The Kier molecular flexibility index (Phi) is 4.53. The molecule has 0 unspecified atom stereocenters. The average Bonchev–Trinajstić information content (AvgIpc) is 2.97. The maximum atomic E-state index is 4.86. The van der Waals surface area contributed by atoms with E-state index < -0.39 is 0 Å². The molecule has 0 aliphatic heterocycles. The SMILES string of the molecule is C\C=C/C(=N\C(C)=N/COC)C1CC1. The first-order valence-electron chi connectivity index (χ1n) is 4.99. The van der Waals surface area contributed by atoms with Crippen LogP contribution in [0.3, 0.4) is 0 Å². The zero-order valence-electron chi connectivity index (χ0n) is 9.16. The molecule has 78 valence electrons. The van der Waals surface area contributed by atoms with Crippen molar-refractivity contribution in [2.45, 2.75) is 26.7 Å². The molecule has 0 heterocycles. The monoisotopic (exact) mass is 194 g/mol. The summed E-state index contributed by atoms with van der Waals surface area (Å²) >= 11 is 0. The lowest BCUT2D eigenvalue weighted by Gasteiger charge is -1.98. The molecule has 3 nitrogen and oxygen atoms in total. The van der Waals surface area contributed by atoms with E-state index in [2.05, 4.69) is 16.1 Å². The van der Waals surface area contributed by atoms with E-state index in [1.54, 1.807) is 7.11 Å². The third-order valence-corrected chi connectivity index (χ3v) is 2.05. The van der Waals surface area contributed by atoms with Crippen LogP contribution in [0, 0.1) is 5.92 Å². The Bertz CT molecular complexity index is 262. The quantitative estimate of drug-likeness (QED) is 0.500. The standard InChI is InChI=1S/C11H18N2O/c1-4-5-11(10-6-7-10)13-9(2)12-8-14-3/h4-5,10H,6-8H2,1-3H3/b5-4-,12-9-,13-11+. The molecule has 3 heteroatoms. The molecule has 14 heavy (non-hydrogen) atoms. The predicted molar refractivity (Wildman–Crippen MR) is 60.0 cm³/mol. The second-order valence-corrected chi connectivity index (χ2v) is 3.43. The zero-order chi connectivity index (χ0) is 10.4. The van der Waals surface area contributed by atoms with Gasteiger partial charge in [0.2, 0.25) is 0 Å². The minimum Gasteiger partial charge on any atom is -0.362 e. The number of nitrogens with zero attached hydrogens (tertiary/aromatic N) is 2. The second kappa shape index (κ2) is 5.70. The summed E-state index contributed by atoms with van der Waals surface area (Å²) in [6.07, 6.45) is 6.63. The smallest absolute Gasteiger partial charge is 0.139 e. The largest absolute Gasteiger partial charge is 0.362 e. The summed E-state index contributed by atoms with van der Waals surface area (Å²) < 4.78 is 4.86. The lowest BCUT2D eigenvalue weighted by atomic mass is 10.2. The molecule has 0 aromatic rings. The van der Waals surface area contributed by atoms with Gasteiger partial charge in [0.15, 0.2) is 0 Å². The fraction of sp³-hybridized carbons (Fsp3) is 0.636. The minimum atomic E-state index is 0.392. The highest BCUT2D eigenvalue weighted by Crippen LogP contribution is 2.31. The van der Waals surface area contributed by atoms with Crippen molar-refractivity contribution in [3.63, 3.8) is 0 Å². The summed E-state index contributed by atoms with van der Waals surface area (Å²) in [7, 11) is 1.63. The van der Waals surface area contributed by atoms with Gasteiger partial charge in [0, 0.05) is 18.7 Å². The maximum Gasteiger partial charge on any atom is 0.139 e. The van der Waals surface area contributed by atoms with Gasteiger partial charge in [0.1, 0.15) is 12.6 Å². The van der Waals surface area contributed by atoms with Crippen LogP contribution in [0.1, 0.15) is 26.7 Å². The van der Waals surface area contributed by atoms with Gasteiger partial charge in [-0.2, -0.15) is 0 Å². The van der Waals surface area contributed by atoms with E-state index in [-0.39, 0.29) is 0 Å². The van der Waals surface area contributed by atoms with E-state index in [4.69, 9.17) is 4.74 Å². The lowest BCUT2D eigenvalue weighted by Crippen LogP contribution is -2.01. The highest BCUT2D eigenvalue weighted by atomic mass is 16.5. The van der Waals surface area contributed by atoms with Crippen LogP contribution >= 0.6 is 0 Å². The Morgan fingerprint density at radius 3 is 2.71 bits per heavy atom. The highest BCUT2D eigenvalue weighted by molar-refractivity contribution is 6.05. The highest BCUT2D eigenvalue weighted by Gasteiger charge is 2.25. The average molecular weight is 194 g/mol. The molecular weight excluding hydrogens is 176 g/mol. The molecule has 0 bridgehead atoms. The number of hydrogen-bond acceptors (Lipinski definition) is 2. The Hall–Kier alpha value is -0.960. The molecule has 0 aromatic carbocycles. The first kappa shape index (κ1) is 11.1. The number of aliphatic imine (C=N–C) groups is 2. The molecule has 0 radical (unpaired) electrons. The number of ether oxygens (including phenoxy) is 1. The zero-order valence-corrected chi connectivity index (χ0v) is 9.16. The molecule has 1 aliphatic carbocycles. The van der Waals surface area contributed by atoms with E-state index in [1.807, 2.05) is 19.9 Å². The van der Waals surface area contributed by atoms with Crippen molar-refractivity contribution < 1.29 is 4.74 Å². The molecule has 0 aromatic heterocycles. The van der Waals surface area contributed by atoms with Crippen LogP contribution < -0.4 is 0 Å². The van der Waals surface area contributed by atoms with Crippen molar-refractivity contribution in [2.75, 3.05) is 13.8 Å². The summed E-state index contributed by atoms with van der Waals surface area (Å²) in [6.45, 7) is 4.31. The van der Waals surface area contributed by atoms with E-state index in [0.29, 0.717) is 12.6 Å². The van der Waals surface area contributed by atoms with Crippen molar-refractivity contribution in [2.24, 2.45) is 15.9 Å². The van der Waals surface area contributed by atoms with Crippen molar-refractivity contribution in [3.8, 4) is 0 Å². The Labute approximate surface area is 85.6 Å². The van der Waals surface area contributed by atoms with Gasteiger partial charge in [0.25, 0.3) is 0 Å². The number of allylic oxidation sites excluding steroid dienone is 2. The van der Waals surface area contributed by atoms with Crippen LogP contribution in [-0.4, -0.2) is 25.4 Å². The molecular formula is C11H18N2O. The van der Waals surface area contributed by atoms with Gasteiger partial charge in [-0.05, 0) is 32.8 Å². The molecule has 0 amide bonds. The fourth-order valence-electron chi connectivity index (χ4n) is 1.19. The molecule has 0 N–H and O–H groups in total. The van der Waals surface area contributed by atoms with Gasteiger partial charge < -0.3 is 4.74 Å². The summed E-state index contributed by atoms with van der Waals surface area (Å²) in [5, 5.41) is 0. The van der Waals surface area contributed by atoms with Gasteiger partial charge in [-0.25, -0.2) is 9.98 Å². The van der Waals surface area contributed by atoms with Gasteiger partial charge in [-0.1, -0.05) is 6.08 Å².